The van der Waals surface area contributed by atoms with Crippen LogP contribution >= 0.6 is 15.9 Å². The lowest BCUT2D eigenvalue weighted by Crippen LogP contribution is -2.32. The molecule has 1 atom stereocenters. The van der Waals surface area contributed by atoms with E-state index in [0.29, 0.717) is 16.5 Å². The van der Waals surface area contributed by atoms with E-state index in [0.717, 1.165) is 0 Å². The largest absolute Gasteiger partial charge is 0.507 e. The Bertz CT molecular complexity index is 437. The predicted octanol–water partition coefficient (Wildman–Crippen LogP) is 2.30. The van der Waals surface area contributed by atoms with Gasteiger partial charge in [-0.05, 0) is 41.1 Å². The van der Waals surface area contributed by atoms with Gasteiger partial charge in [0.2, 0.25) is 0 Å². The summed E-state index contributed by atoms with van der Waals surface area (Å²) in [6, 6.07) is 4.57. The summed E-state index contributed by atoms with van der Waals surface area (Å²) < 4.78 is 0.556. The summed E-state index contributed by atoms with van der Waals surface area (Å²) in [4.78, 5) is 11.7. The average Bonchev–Trinajstić information content (AvgIpc) is 2.22. The summed E-state index contributed by atoms with van der Waals surface area (Å²) in [5.74, 6) is 2.27. The Morgan fingerprint density at radius 1 is 1.69 bits per heavy atom. The van der Waals surface area contributed by atoms with Crippen molar-refractivity contribution in [3.63, 3.8) is 0 Å². The number of phenols is 1. The molecule has 0 saturated heterocycles. The Labute approximate surface area is 103 Å². The number of carbonyl (C=O) groups excluding carboxylic acids is 1. The van der Waals surface area contributed by atoms with Crippen LogP contribution in [0.4, 0.5) is 0 Å². The van der Waals surface area contributed by atoms with Gasteiger partial charge < -0.3 is 10.4 Å². The third-order valence-corrected chi connectivity index (χ3v) is 2.68. The summed E-state index contributed by atoms with van der Waals surface area (Å²) >= 11 is 3.15. The lowest BCUT2D eigenvalue weighted by atomic mass is 10.1. The van der Waals surface area contributed by atoms with Crippen molar-refractivity contribution in [1.29, 1.82) is 0 Å². The van der Waals surface area contributed by atoms with Crippen LogP contribution in [0.2, 0.25) is 0 Å². The van der Waals surface area contributed by atoms with E-state index in [1.165, 1.54) is 6.07 Å². The first-order valence-electron chi connectivity index (χ1n) is 4.77. The molecule has 2 N–H and O–H groups in total. The molecule has 1 aromatic carbocycles. The number of halogens is 1. The molecule has 1 rings (SSSR count). The van der Waals surface area contributed by atoms with Gasteiger partial charge in [-0.15, -0.1) is 12.3 Å². The Morgan fingerprint density at radius 3 is 2.94 bits per heavy atom. The summed E-state index contributed by atoms with van der Waals surface area (Å²) in [5.41, 5.74) is 0.407. The van der Waals surface area contributed by atoms with E-state index in [9.17, 15) is 9.90 Å². The zero-order valence-corrected chi connectivity index (χ0v) is 10.4. The Hall–Kier alpha value is -1.47. The van der Waals surface area contributed by atoms with E-state index in [-0.39, 0.29) is 17.7 Å². The molecule has 0 aliphatic carbocycles. The number of aromatic hydroxyl groups is 1. The number of amides is 1. The maximum Gasteiger partial charge on any atom is 0.251 e. The van der Waals surface area contributed by atoms with Gasteiger partial charge >= 0.3 is 0 Å². The summed E-state index contributed by atoms with van der Waals surface area (Å²) in [7, 11) is 0. The van der Waals surface area contributed by atoms with Crippen molar-refractivity contribution in [3.05, 3.63) is 28.2 Å². The molecule has 1 amide bonds. The van der Waals surface area contributed by atoms with Crippen LogP contribution in [-0.2, 0) is 0 Å². The summed E-state index contributed by atoms with van der Waals surface area (Å²) in [6.07, 6.45) is 5.62. The molecule has 0 saturated carbocycles. The van der Waals surface area contributed by atoms with Crippen molar-refractivity contribution in [3.8, 4) is 18.1 Å². The number of hydrogen-bond donors (Lipinski definition) is 2. The van der Waals surface area contributed by atoms with Crippen LogP contribution in [0.5, 0.6) is 5.75 Å². The first kappa shape index (κ1) is 12.6. The number of benzene rings is 1. The van der Waals surface area contributed by atoms with Gasteiger partial charge in [-0.2, -0.15) is 0 Å². The average molecular weight is 282 g/mol. The molecular formula is C12H12BrNO2. The van der Waals surface area contributed by atoms with Crippen LogP contribution in [0.1, 0.15) is 23.7 Å². The number of nitrogens with one attached hydrogen (secondary N) is 1. The van der Waals surface area contributed by atoms with Crippen molar-refractivity contribution in [2.24, 2.45) is 0 Å². The number of terminal acetylenes is 1. The fraction of sp³-hybridized carbons (Fsp3) is 0.250. The summed E-state index contributed by atoms with van der Waals surface area (Å²) in [6.45, 7) is 1.83. The van der Waals surface area contributed by atoms with E-state index in [4.69, 9.17) is 6.42 Å². The molecule has 1 unspecified atom stereocenters. The number of rotatable bonds is 3. The van der Waals surface area contributed by atoms with Crippen molar-refractivity contribution in [1.82, 2.24) is 5.32 Å². The minimum absolute atomic E-state index is 0.0391. The lowest BCUT2D eigenvalue weighted by molar-refractivity contribution is 0.0940. The van der Waals surface area contributed by atoms with Gasteiger partial charge in [0.05, 0.1) is 4.47 Å². The fourth-order valence-corrected chi connectivity index (χ4v) is 1.44. The molecule has 84 valence electrons. The van der Waals surface area contributed by atoms with E-state index in [1.54, 1.807) is 12.1 Å². The zero-order chi connectivity index (χ0) is 12.1. The fourth-order valence-electron chi connectivity index (χ4n) is 1.19. The van der Waals surface area contributed by atoms with Crippen molar-refractivity contribution in [2.75, 3.05) is 0 Å². The Balaban J connectivity index is 2.74. The second-order valence-corrected chi connectivity index (χ2v) is 4.30. The van der Waals surface area contributed by atoms with Crippen molar-refractivity contribution < 1.29 is 9.90 Å². The van der Waals surface area contributed by atoms with Crippen LogP contribution in [0.15, 0.2) is 22.7 Å². The topological polar surface area (TPSA) is 49.3 Å². The third-order valence-electron chi connectivity index (χ3n) is 2.01. The lowest BCUT2D eigenvalue weighted by Gasteiger charge is -2.11. The molecule has 0 spiro atoms. The highest BCUT2D eigenvalue weighted by atomic mass is 79.9. The quantitative estimate of drug-likeness (QED) is 0.836. The Kier molecular flexibility index (Phi) is 4.39. The van der Waals surface area contributed by atoms with Gasteiger partial charge in [0.25, 0.3) is 5.91 Å². The number of hydrogen-bond acceptors (Lipinski definition) is 2. The molecule has 0 aromatic heterocycles. The normalized spacial score (nSPS) is 11.6. The molecule has 0 aliphatic rings. The second-order valence-electron chi connectivity index (χ2n) is 3.45. The monoisotopic (exact) mass is 281 g/mol. The van der Waals surface area contributed by atoms with Gasteiger partial charge in [-0.25, -0.2) is 0 Å². The molecule has 4 heteroatoms. The molecule has 0 heterocycles. The SMILES string of the molecule is C#CCC(C)NC(=O)c1ccc(Br)c(O)c1. The standard InChI is InChI=1S/C12H12BrNO2/c1-3-4-8(2)14-12(16)9-5-6-10(13)11(15)7-9/h1,5-8,15H,4H2,2H3,(H,14,16). The molecule has 0 radical (unpaired) electrons. The zero-order valence-electron chi connectivity index (χ0n) is 8.83. The van der Waals surface area contributed by atoms with Gasteiger partial charge in [-0.1, -0.05) is 0 Å². The predicted molar refractivity (Wildman–Crippen MR) is 66.2 cm³/mol. The number of carbonyl (C=O) groups is 1. The minimum atomic E-state index is -0.245. The van der Waals surface area contributed by atoms with Gasteiger partial charge in [0.1, 0.15) is 5.75 Å². The summed E-state index contributed by atoms with van der Waals surface area (Å²) in [5, 5.41) is 12.2. The maximum absolute atomic E-state index is 11.7. The van der Waals surface area contributed by atoms with Crippen LogP contribution in [0.3, 0.4) is 0 Å². The molecule has 16 heavy (non-hydrogen) atoms. The van der Waals surface area contributed by atoms with Crippen molar-refractivity contribution >= 4 is 21.8 Å². The smallest absolute Gasteiger partial charge is 0.251 e. The first-order valence-corrected chi connectivity index (χ1v) is 5.56. The van der Waals surface area contributed by atoms with Gasteiger partial charge in [0.15, 0.2) is 0 Å². The highest BCUT2D eigenvalue weighted by Gasteiger charge is 2.10. The van der Waals surface area contributed by atoms with E-state index < -0.39 is 0 Å². The maximum atomic E-state index is 11.7. The highest BCUT2D eigenvalue weighted by Crippen LogP contribution is 2.24. The molecule has 0 fully saturated rings. The molecule has 3 nitrogen and oxygen atoms in total. The van der Waals surface area contributed by atoms with E-state index in [1.807, 2.05) is 6.92 Å². The second kappa shape index (κ2) is 5.57. The molecule has 0 aliphatic heterocycles. The molecule has 0 bridgehead atoms. The van der Waals surface area contributed by atoms with Crippen LogP contribution in [-0.4, -0.2) is 17.1 Å². The van der Waals surface area contributed by atoms with Crippen molar-refractivity contribution in [2.45, 2.75) is 19.4 Å². The Morgan fingerprint density at radius 2 is 2.38 bits per heavy atom. The van der Waals surface area contributed by atoms with E-state index >= 15 is 0 Å². The van der Waals surface area contributed by atoms with E-state index in [2.05, 4.69) is 27.2 Å². The van der Waals surface area contributed by atoms with Crippen LogP contribution in [0.25, 0.3) is 0 Å². The minimum Gasteiger partial charge on any atom is -0.507 e. The third kappa shape index (κ3) is 3.28. The first-order chi connectivity index (χ1) is 7.54. The molecular weight excluding hydrogens is 270 g/mol. The van der Waals surface area contributed by atoms with Gasteiger partial charge in [0, 0.05) is 18.0 Å². The van der Waals surface area contributed by atoms with Crippen LogP contribution < -0.4 is 5.32 Å². The molecule has 1 aromatic rings. The highest BCUT2D eigenvalue weighted by molar-refractivity contribution is 9.10. The van der Waals surface area contributed by atoms with Gasteiger partial charge in [-0.3, -0.25) is 4.79 Å². The van der Waals surface area contributed by atoms with Crippen LogP contribution in [0, 0.1) is 12.3 Å². The number of phenolic OH excluding ortho intramolecular Hbond substituents is 1.